The Morgan fingerprint density at radius 2 is 2.08 bits per heavy atom. The molecule has 0 fully saturated rings. The number of nitrogens with one attached hydrogen (secondary N) is 1. The first-order valence-electron chi connectivity index (χ1n) is 8.66. The summed E-state index contributed by atoms with van der Waals surface area (Å²) in [4.78, 5) is 28.1. The summed E-state index contributed by atoms with van der Waals surface area (Å²) >= 11 is 0. The zero-order valence-electron chi connectivity index (χ0n) is 15.3. The van der Waals surface area contributed by atoms with Crippen molar-refractivity contribution < 1.29 is 4.79 Å². The van der Waals surface area contributed by atoms with E-state index in [2.05, 4.69) is 34.5 Å². The Morgan fingerprint density at radius 1 is 1.27 bits per heavy atom. The van der Waals surface area contributed by atoms with Gasteiger partial charge in [0.15, 0.2) is 0 Å². The molecular formula is C19H23N5O2. The van der Waals surface area contributed by atoms with Crippen LogP contribution in [0.2, 0.25) is 0 Å². The first-order chi connectivity index (χ1) is 12.5. The average molecular weight is 353 g/mol. The highest BCUT2D eigenvalue weighted by Crippen LogP contribution is 2.17. The summed E-state index contributed by atoms with van der Waals surface area (Å²) in [6, 6.07) is 6.15. The predicted octanol–water partition coefficient (Wildman–Crippen LogP) is 1.50. The van der Waals surface area contributed by atoms with Gasteiger partial charge in [-0.05, 0) is 31.9 Å². The molecule has 2 heterocycles. The number of carbonyl (C=O) groups is 1. The second-order valence-electron chi connectivity index (χ2n) is 6.49. The fraction of sp³-hybridized carbons (Fsp3) is 0.368. The topological polar surface area (TPSA) is 81.8 Å². The van der Waals surface area contributed by atoms with Gasteiger partial charge >= 0.3 is 0 Å². The number of rotatable bonds is 6. The monoisotopic (exact) mass is 353 g/mol. The van der Waals surface area contributed by atoms with Crippen molar-refractivity contribution in [2.45, 2.75) is 33.2 Å². The highest BCUT2D eigenvalue weighted by molar-refractivity contribution is 5.82. The largest absolute Gasteiger partial charge is 0.356 e. The summed E-state index contributed by atoms with van der Waals surface area (Å²) < 4.78 is 3.37. The summed E-state index contributed by atoms with van der Waals surface area (Å²) in [5, 5.41) is 8.47. The van der Waals surface area contributed by atoms with Crippen LogP contribution in [-0.4, -0.2) is 31.8 Å². The van der Waals surface area contributed by atoms with Crippen molar-refractivity contribution in [1.29, 1.82) is 0 Å². The maximum atomic E-state index is 12.1. The molecule has 0 unspecified atom stereocenters. The lowest BCUT2D eigenvalue weighted by molar-refractivity contribution is -0.120. The molecule has 0 spiro atoms. The zero-order chi connectivity index (χ0) is 18.7. The van der Waals surface area contributed by atoms with Gasteiger partial charge in [0.1, 0.15) is 0 Å². The third-order valence-electron chi connectivity index (χ3n) is 4.56. The summed E-state index contributed by atoms with van der Waals surface area (Å²) in [7, 11) is 1.65. The number of nitrogens with zero attached hydrogens (tertiary/aromatic N) is 4. The van der Waals surface area contributed by atoms with Gasteiger partial charge in [-0.15, -0.1) is 0 Å². The second-order valence-corrected chi connectivity index (χ2v) is 6.49. The van der Waals surface area contributed by atoms with Crippen molar-refractivity contribution in [3.63, 3.8) is 0 Å². The van der Waals surface area contributed by atoms with E-state index in [9.17, 15) is 9.59 Å². The van der Waals surface area contributed by atoms with Gasteiger partial charge in [-0.1, -0.05) is 12.1 Å². The van der Waals surface area contributed by atoms with Crippen LogP contribution >= 0.6 is 0 Å². The van der Waals surface area contributed by atoms with Crippen LogP contribution in [-0.2, 0) is 24.8 Å². The highest BCUT2D eigenvalue weighted by Gasteiger charge is 2.10. The van der Waals surface area contributed by atoms with Crippen molar-refractivity contribution in [1.82, 2.24) is 24.6 Å². The van der Waals surface area contributed by atoms with Crippen LogP contribution in [0.15, 0.2) is 35.5 Å². The van der Waals surface area contributed by atoms with Crippen LogP contribution in [0.1, 0.15) is 23.2 Å². The second kappa shape index (κ2) is 7.51. The van der Waals surface area contributed by atoms with E-state index in [4.69, 9.17) is 0 Å². The van der Waals surface area contributed by atoms with E-state index in [1.165, 1.54) is 16.5 Å². The van der Waals surface area contributed by atoms with Crippen molar-refractivity contribution in [3.05, 3.63) is 57.9 Å². The Bertz CT molecular complexity index is 1000. The lowest BCUT2D eigenvalue weighted by Gasteiger charge is -2.08. The Hall–Kier alpha value is -2.96. The van der Waals surface area contributed by atoms with E-state index in [-0.39, 0.29) is 17.9 Å². The minimum absolute atomic E-state index is 0.117. The molecule has 0 saturated heterocycles. The molecule has 0 saturated carbocycles. The van der Waals surface area contributed by atoms with Gasteiger partial charge in [0.05, 0.1) is 30.2 Å². The standard InChI is InChI=1S/C19H23N5O2/c1-13-6-4-7-17-15(13)11-22-24(17)9-5-8-20-18(25)10-16-14(2)19(26)23(3)12-21-16/h4,6-7,11-12H,5,8-10H2,1-3H3,(H,20,25). The molecule has 0 atom stereocenters. The molecule has 0 aliphatic carbocycles. The van der Waals surface area contributed by atoms with Crippen LogP contribution in [0, 0.1) is 13.8 Å². The van der Waals surface area contributed by atoms with Crippen molar-refractivity contribution in [2.75, 3.05) is 6.54 Å². The van der Waals surface area contributed by atoms with Crippen LogP contribution in [0.4, 0.5) is 0 Å². The van der Waals surface area contributed by atoms with E-state index < -0.39 is 0 Å². The van der Waals surface area contributed by atoms with Gasteiger partial charge in [-0.25, -0.2) is 4.98 Å². The quantitative estimate of drug-likeness (QED) is 0.681. The molecular weight excluding hydrogens is 330 g/mol. The molecule has 0 aliphatic rings. The average Bonchev–Trinajstić information content (AvgIpc) is 3.04. The lowest BCUT2D eigenvalue weighted by atomic mass is 10.1. The van der Waals surface area contributed by atoms with Crippen molar-refractivity contribution >= 4 is 16.8 Å². The molecule has 2 aromatic heterocycles. The zero-order valence-corrected chi connectivity index (χ0v) is 15.3. The third-order valence-corrected chi connectivity index (χ3v) is 4.56. The molecule has 3 rings (SSSR count). The number of hydrogen-bond donors (Lipinski definition) is 1. The highest BCUT2D eigenvalue weighted by atomic mass is 16.1. The molecule has 0 bridgehead atoms. The van der Waals surface area contributed by atoms with E-state index in [1.54, 1.807) is 14.0 Å². The number of benzene rings is 1. The van der Waals surface area contributed by atoms with Gasteiger partial charge in [0.25, 0.3) is 5.56 Å². The fourth-order valence-electron chi connectivity index (χ4n) is 2.97. The first-order valence-corrected chi connectivity index (χ1v) is 8.66. The predicted molar refractivity (Wildman–Crippen MR) is 100 cm³/mol. The molecule has 7 nitrogen and oxygen atoms in total. The van der Waals surface area contributed by atoms with Crippen LogP contribution in [0.3, 0.4) is 0 Å². The molecule has 1 amide bonds. The summed E-state index contributed by atoms with van der Waals surface area (Å²) in [5.41, 5.74) is 3.24. The van der Waals surface area contributed by atoms with E-state index in [0.29, 0.717) is 17.8 Å². The molecule has 1 N–H and O–H groups in total. The normalized spacial score (nSPS) is 11.0. The van der Waals surface area contributed by atoms with Gasteiger partial charge in [-0.3, -0.25) is 14.3 Å². The van der Waals surface area contributed by atoms with Crippen molar-refractivity contribution in [3.8, 4) is 0 Å². The minimum atomic E-state index is -0.130. The van der Waals surface area contributed by atoms with E-state index in [0.717, 1.165) is 23.9 Å². The molecule has 0 aliphatic heterocycles. The summed E-state index contributed by atoms with van der Waals surface area (Å²) in [5.74, 6) is -0.130. The van der Waals surface area contributed by atoms with Gasteiger partial charge in [0.2, 0.25) is 5.91 Å². The number of aryl methyl sites for hydroxylation is 3. The SMILES string of the molecule is Cc1c(CC(=O)NCCCn2ncc3c(C)cccc32)ncn(C)c1=O. The molecule has 1 aromatic carbocycles. The molecule has 0 radical (unpaired) electrons. The lowest BCUT2D eigenvalue weighted by Crippen LogP contribution is -2.29. The van der Waals surface area contributed by atoms with Crippen molar-refractivity contribution in [2.24, 2.45) is 7.05 Å². The number of amides is 1. The van der Waals surface area contributed by atoms with Gasteiger partial charge in [0, 0.05) is 31.1 Å². The Morgan fingerprint density at radius 3 is 2.88 bits per heavy atom. The Balaban J connectivity index is 1.52. The number of aromatic nitrogens is 4. The van der Waals surface area contributed by atoms with Gasteiger partial charge < -0.3 is 9.88 Å². The fourth-order valence-corrected chi connectivity index (χ4v) is 2.97. The van der Waals surface area contributed by atoms with Gasteiger partial charge in [-0.2, -0.15) is 5.10 Å². The molecule has 3 aromatic rings. The first kappa shape index (κ1) is 17.8. The Labute approximate surface area is 151 Å². The summed E-state index contributed by atoms with van der Waals surface area (Å²) in [6.07, 6.45) is 4.22. The summed E-state index contributed by atoms with van der Waals surface area (Å²) in [6.45, 7) is 5.05. The van der Waals surface area contributed by atoms with E-state index >= 15 is 0 Å². The maximum absolute atomic E-state index is 12.1. The smallest absolute Gasteiger partial charge is 0.256 e. The molecule has 7 heteroatoms. The van der Waals surface area contributed by atoms with Crippen LogP contribution in [0.5, 0.6) is 0 Å². The third kappa shape index (κ3) is 3.66. The Kier molecular flexibility index (Phi) is 5.16. The number of hydrogen-bond acceptors (Lipinski definition) is 4. The number of carbonyl (C=O) groups excluding carboxylic acids is 1. The minimum Gasteiger partial charge on any atom is -0.356 e. The van der Waals surface area contributed by atoms with E-state index in [1.807, 2.05) is 16.9 Å². The molecule has 26 heavy (non-hydrogen) atoms. The van der Waals surface area contributed by atoms with Crippen LogP contribution in [0.25, 0.3) is 10.9 Å². The number of fused-ring (bicyclic) bond motifs is 1. The maximum Gasteiger partial charge on any atom is 0.256 e. The van der Waals surface area contributed by atoms with Crippen LogP contribution < -0.4 is 10.9 Å². The molecule has 136 valence electrons.